The molecular weight excluding hydrogens is 174 g/mol. The van der Waals surface area contributed by atoms with Crippen LogP contribution in [0.25, 0.3) is 6.08 Å². The maximum Gasteiger partial charge on any atom is 0.0950 e. The van der Waals surface area contributed by atoms with Crippen molar-refractivity contribution in [3.63, 3.8) is 0 Å². The van der Waals surface area contributed by atoms with Gasteiger partial charge < -0.3 is 10.3 Å². The fourth-order valence-electron chi connectivity index (χ4n) is 1.37. The Labute approximate surface area is 85.6 Å². The highest BCUT2D eigenvalue weighted by atomic mass is 15.0. The lowest BCUT2D eigenvalue weighted by Gasteiger charge is -2.09. The van der Waals surface area contributed by atoms with E-state index in [4.69, 9.17) is 5.73 Å². The van der Waals surface area contributed by atoms with E-state index >= 15 is 0 Å². The van der Waals surface area contributed by atoms with Crippen LogP contribution in [0.2, 0.25) is 0 Å². The molecule has 0 amide bonds. The van der Waals surface area contributed by atoms with Crippen molar-refractivity contribution in [3.05, 3.63) is 23.8 Å². The number of imidazole rings is 1. The smallest absolute Gasteiger partial charge is 0.0950 e. The summed E-state index contributed by atoms with van der Waals surface area (Å²) in [6.45, 7) is 7.99. The first-order chi connectivity index (χ1) is 6.69. The van der Waals surface area contributed by atoms with E-state index in [1.165, 1.54) is 5.57 Å². The molecule has 0 saturated heterocycles. The highest BCUT2D eigenvalue weighted by Crippen LogP contribution is 2.13. The van der Waals surface area contributed by atoms with Crippen molar-refractivity contribution in [2.24, 2.45) is 11.7 Å². The summed E-state index contributed by atoms with van der Waals surface area (Å²) in [5.74, 6) is 0.500. The summed E-state index contributed by atoms with van der Waals surface area (Å²) in [6, 6.07) is 0. The van der Waals surface area contributed by atoms with Crippen LogP contribution in [0.3, 0.4) is 0 Å². The fraction of sp³-hybridized carbons (Fsp3) is 0.545. The maximum absolute atomic E-state index is 5.68. The first kappa shape index (κ1) is 11.0. The minimum absolute atomic E-state index is 0.500. The van der Waals surface area contributed by atoms with Gasteiger partial charge >= 0.3 is 0 Å². The lowest BCUT2D eigenvalue weighted by molar-refractivity contribution is 0.737. The topological polar surface area (TPSA) is 43.8 Å². The molecule has 78 valence electrons. The summed E-state index contributed by atoms with van der Waals surface area (Å²) >= 11 is 0. The molecule has 0 aliphatic rings. The molecule has 2 N–H and O–H groups in total. The standard InChI is InChI=1S/C11H19N3/c1-4-14-8-13-7-11(14)5-10(6-12)9(2)3/h5,7-9H,4,6,12H2,1-3H3. The number of nitrogens with two attached hydrogens (primary N) is 1. The van der Waals surface area contributed by atoms with E-state index in [1.54, 1.807) is 0 Å². The van der Waals surface area contributed by atoms with Gasteiger partial charge in [-0.3, -0.25) is 0 Å². The summed E-state index contributed by atoms with van der Waals surface area (Å²) in [5, 5.41) is 0. The molecule has 3 nitrogen and oxygen atoms in total. The Morgan fingerprint density at radius 2 is 2.36 bits per heavy atom. The van der Waals surface area contributed by atoms with Crippen molar-refractivity contribution >= 4 is 6.08 Å². The van der Waals surface area contributed by atoms with E-state index in [-0.39, 0.29) is 0 Å². The number of aryl methyl sites for hydroxylation is 1. The summed E-state index contributed by atoms with van der Waals surface area (Å²) in [5.41, 5.74) is 8.09. The third-order valence-corrected chi connectivity index (χ3v) is 2.40. The summed E-state index contributed by atoms with van der Waals surface area (Å²) < 4.78 is 2.11. The number of rotatable bonds is 4. The zero-order chi connectivity index (χ0) is 10.6. The van der Waals surface area contributed by atoms with E-state index < -0.39 is 0 Å². The molecule has 0 aromatic carbocycles. The average Bonchev–Trinajstić information content (AvgIpc) is 2.60. The predicted molar refractivity (Wildman–Crippen MR) is 59.8 cm³/mol. The second-order valence-corrected chi connectivity index (χ2v) is 3.68. The molecule has 0 bridgehead atoms. The van der Waals surface area contributed by atoms with Crippen LogP contribution in [0.15, 0.2) is 18.1 Å². The van der Waals surface area contributed by atoms with Gasteiger partial charge in [0.25, 0.3) is 0 Å². The van der Waals surface area contributed by atoms with Crippen LogP contribution in [0.1, 0.15) is 26.5 Å². The molecule has 0 radical (unpaired) electrons. The van der Waals surface area contributed by atoms with E-state index in [1.807, 2.05) is 12.5 Å². The molecule has 0 saturated carbocycles. The van der Waals surface area contributed by atoms with E-state index in [0.717, 1.165) is 12.2 Å². The zero-order valence-corrected chi connectivity index (χ0v) is 9.20. The predicted octanol–water partition coefficient (Wildman–Crippen LogP) is 1.90. The fourth-order valence-corrected chi connectivity index (χ4v) is 1.37. The first-order valence-electron chi connectivity index (χ1n) is 5.09. The Kier molecular flexibility index (Phi) is 3.89. The van der Waals surface area contributed by atoms with Crippen molar-refractivity contribution < 1.29 is 0 Å². The largest absolute Gasteiger partial charge is 0.331 e. The van der Waals surface area contributed by atoms with Gasteiger partial charge in [0.05, 0.1) is 18.2 Å². The molecule has 1 aromatic heterocycles. The number of aromatic nitrogens is 2. The number of hydrogen-bond donors (Lipinski definition) is 1. The van der Waals surface area contributed by atoms with Gasteiger partial charge in [-0.05, 0) is 18.9 Å². The maximum atomic E-state index is 5.68. The molecule has 0 fully saturated rings. The Balaban J connectivity index is 2.94. The molecule has 1 rings (SSSR count). The van der Waals surface area contributed by atoms with Crippen LogP contribution in [0, 0.1) is 5.92 Å². The van der Waals surface area contributed by atoms with Gasteiger partial charge in [-0.25, -0.2) is 4.98 Å². The molecule has 14 heavy (non-hydrogen) atoms. The normalized spacial score (nSPS) is 12.5. The van der Waals surface area contributed by atoms with Crippen LogP contribution >= 0.6 is 0 Å². The van der Waals surface area contributed by atoms with Crippen molar-refractivity contribution in [1.29, 1.82) is 0 Å². The van der Waals surface area contributed by atoms with Crippen molar-refractivity contribution in [2.45, 2.75) is 27.3 Å². The van der Waals surface area contributed by atoms with Crippen molar-refractivity contribution in [2.75, 3.05) is 6.54 Å². The molecule has 0 spiro atoms. The van der Waals surface area contributed by atoms with Gasteiger partial charge in [-0.15, -0.1) is 0 Å². The second-order valence-electron chi connectivity index (χ2n) is 3.68. The molecule has 3 heteroatoms. The van der Waals surface area contributed by atoms with Gasteiger partial charge in [0.15, 0.2) is 0 Å². The minimum Gasteiger partial charge on any atom is -0.331 e. The zero-order valence-electron chi connectivity index (χ0n) is 9.20. The lowest BCUT2D eigenvalue weighted by atomic mass is 10.0. The third-order valence-electron chi connectivity index (χ3n) is 2.40. The second kappa shape index (κ2) is 4.96. The van der Waals surface area contributed by atoms with Gasteiger partial charge in [0.1, 0.15) is 0 Å². The SMILES string of the molecule is CCn1cncc1C=C(CN)C(C)C. The van der Waals surface area contributed by atoms with Crippen molar-refractivity contribution in [3.8, 4) is 0 Å². The van der Waals surface area contributed by atoms with Crippen LogP contribution < -0.4 is 5.73 Å². The van der Waals surface area contributed by atoms with Crippen LogP contribution in [0.4, 0.5) is 0 Å². The summed E-state index contributed by atoms with van der Waals surface area (Å²) in [4.78, 5) is 4.12. The molecule has 0 aliphatic carbocycles. The summed E-state index contributed by atoms with van der Waals surface area (Å²) in [6.07, 6.45) is 5.86. The molecule has 0 aliphatic heterocycles. The molecule has 0 atom stereocenters. The number of hydrogen-bond acceptors (Lipinski definition) is 2. The Bertz CT molecular complexity index is 310. The third kappa shape index (κ3) is 2.45. The van der Waals surface area contributed by atoms with Crippen LogP contribution in [0.5, 0.6) is 0 Å². The minimum atomic E-state index is 0.500. The highest BCUT2D eigenvalue weighted by molar-refractivity contribution is 5.49. The van der Waals surface area contributed by atoms with E-state index in [2.05, 4.69) is 36.4 Å². The van der Waals surface area contributed by atoms with Gasteiger partial charge in [-0.1, -0.05) is 19.4 Å². The van der Waals surface area contributed by atoms with E-state index in [0.29, 0.717) is 12.5 Å². The van der Waals surface area contributed by atoms with Crippen LogP contribution in [-0.2, 0) is 6.54 Å². The quantitative estimate of drug-likeness (QED) is 0.793. The van der Waals surface area contributed by atoms with Crippen molar-refractivity contribution in [1.82, 2.24) is 9.55 Å². The van der Waals surface area contributed by atoms with E-state index in [9.17, 15) is 0 Å². The monoisotopic (exact) mass is 193 g/mol. The highest BCUT2D eigenvalue weighted by Gasteiger charge is 2.03. The summed E-state index contributed by atoms with van der Waals surface area (Å²) in [7, 11) is 0. The van der Waals surface area contributed by atoms with Gasteiger partial charge in [-0.2, -0.15) is 0 Å². The molecule has 1 heterocycles. The van der Waals surface area contributed by atoms with Crippen LogP contribution in [-0.4, -0.2) is 16.1 Å². The Hall–Kier alpha value is -1.09. The van der Waals surface area contributed by atoms with Gasteiger partial charge in [0, 0.05) is 13.1 Å². The lowest BCUT2D eigenvalue weighted by Crippen LogP contribution is -2.08. The molecular formula is C11H19N3. The molecule has 0 unspecified atom stereocenters. The molecule has 1 aromatic rings. The Morgan fingerprint density at radius 3 is 2.86 bits per heavy atom. The number of nitrogens with zero attached hydrogens (tertiary/aromatic N) is 2. The van der Waals surface area contributed by atoms with Gasteiger partial charge in [0.2, 0.25) is 0 Å². The first-order valence-corrected chi connectivity index (χ1v) is 5.09. The average molecular weight is 193 g/mol. The Morgan fingerprint density at radius 1 is 1.64 bits per heavy atom.